The molecule has 0 saturated carbocycles. The Morgan fingerprint density at radius 3 is 2.60 bits per heavy atom. The lowest BCUT2D eigenvalue weighted by Gasteiger charge is -2.18. The Kier molecular flexibility index (Phi) is 5.12. The van der Waals surface area contributed by atoms with Gasteiger partial charge in [-0.2, -0.15) is 0 Å². The van der Waals surface area contributed by atoms with Crippen LogP contribution < -0.4 is 10.2 Å². The van der Waals surface area contributed by atoms with Crippen molar-refractivity contribution in [3.63, 3.8) is 0 Å². The molecule has 1 heterocycles. The van der Waals surface area contributed by atoms with Crippen LogP contribution in [0, 0.1) is 11.7 Å². The van der Waals surface area contributed by atoms with Crippen molar-refractivity contribution in [1.29, 1.82) is 0 Å². The van der Waals surface area contributed by atoms with Gasteiger partial charge in [0.15, 0.2) is 0 Å². The second-order valence-electron chi connectivity index (χ2n) is 6.41. The molecule has 0 aromatic heterocycles. The van der Waals surface area contributed by atoms with Crippen molar-refractivity contribution >= 4 is 17.5 Å². The Morgan fingerprint density at radius 2 is 1.88 bits per heavy atom. The SMILES string of the molecule is C[C@@H](CNC(=O)[C@@H]1CC(=O)N(c2ccccc2F)C1)c1ccccc1. The molecule has 0 spiro atoms. The third kappa shape index (κ3) is 3.87. The van der Waals surface area contributed by atoms with Gasteiger partial charge in [-0.1, -0.05) is 49.4 Å². The van der Waals surface area contributed by atoms with E-state index in [9.17, 15) is 14.0 Å². The van der Waals surface area contributed by atoms with Crippen LogP contribution in [-0.4, -0.2) is 24.9 Å². The number of nitrogens with one attached hydrogen (secondary N) is 1. The van der Waals surface area contributed by atoms with Gasteiger partial charge in [0.05, 0.1) is 11.6 Å². The molecule has 3 rings (SSSR count). The lowest BCUT2D eigenvalue weighted by molar-refractivity contribution is -0.126. The molecular weight excluding hydrogens is 319 g/mol. The minimum atomic E-state index is -0.449. The van der Waals surface area contributed by atoms with Crippen LogP contribution in [-0.2, 0) is 9.59 Å². The first kappa shape index (κ1) is 17.1. The van der Waals surface area contributed by atoms with Crippen molar-refractivity contribution in [1.82, 2.24) is 5.32 Å². The molecule has 0 bridgehead atoms. The van der Waals surface area contributed by atoms with Gasteiger partial charge in [0.1, 0.15) is 5.82 Å². The molecule has 0 unspecified atom stereocenters. The van der Waals surface area contributed by atoms with Gasteiger partial charge in [-0.05, 0) is 23.6 Å². The van der Waals surface area contributed by atoms with E-state index in [1.165, 1.54) is 11.0 Å². The van der Waals surface area contributed by atoms with Gasteiger partial charge in [-0.25, -0.2) is 4.39 Å². The minimum absolute atomic E-state index is 0.111. The summed E-state index contributed by atoms with van der Waals surface area (Å²) in [5.41, 5.74) is 1.39. The maximum absolute atomic E-state index is 13.9. The quantitative estimate of drug-likeness (QED) is 0.909. The average molecular weight is 340 g/mol. The molecule has 2 aromatic carbocycles. The zero-order valence-corrected chi connectivity index (χ0v) is 14.1. The molecule has 2 amide bonds. The van der Waals surface area contributed by atoms with Gasteiger partial charge in [0, 0.05) is 19.5 Å². The molecule has 1 aliphatic heterocycles. The normalized spacial score (nSPS) is 18.2. The van der Waals surface area contributed by atoms with Crippen molar-refractivity contribution in [2.75, 3.05) is 18.0 Å². The summed E-state index contributed by atoms with van der Waals surface area (Å²) < 4.78 is 13.9. The maximum atomic E-state index is 13.9. The van der Waals surface area contributed by atoms with Gasteiger partial charge >= 0.3 is 0 Å². The number of amides is 2. The van der Waals surface area contributed by atoms with Crippen LogP contribution in [0.5, 0.6) is 0 Å². The van der Waals surface area contributed by atoms with Crippen molar-refractivity contribution in [2.24, 2.45) is 5.92 Å². The summed E-state index contributed by atoms with van der Waals surface area (Å²) in [5.74, 6) is -1.09. The molecule has 25 heavy (non-hydrogen) atoms. The van der Waals surface area contributed by atoms with E-state index >= 15 is 0 Å². The van der Waals surface area contributed by atoms with E-state index in [1.807, 2.05) is 37.3 Å². The molecule has 0 radical (unpaired) electrons. The zero-order chi connectivity index (χ0) is 17.8. The Balaban J connectivity index is 1.59. The van der Waals surface area contributed by atoms with Crippen molar-refractivity contribution < 1.29 is 14.0 Å². The maximum Gasteiger partial charge on any atom is 0.227 e. The molecule has 1 saturated heterocycles. The summed E-state index contributed by atoms with van der Waals surface area (Å²) in [6, 6.07) is 16.1. The fourth-order valence-corrected chi connectivity index (χ4v) is 3.08. The van der Waals surface area contributed by atoms with Crippen molar-refractivity contribution in [2.45, 2.75) is 19.3 Å². The number of halogens is 1. The van der Waals surface area contributed by atoms with E-state index in [1.54, 1.807) is 18.2 Å². The van der Waals surface area contributed by atoms with Crippen LogP contribution >= 0.6 is 0 Å². The number of para-hydroxylation sites is 1. The zero-order valence-electron chi connectivity index (χ0n) is 14.1. The van der Waals surface area contributed by atoms with E-state index in [4.69, 9.17) is 0 Å². The molecule has 0 aliphatic carbocycles. The molecule has 5 heteroatoms. The number of nitrogens with zero attached hydrogens (tertiary/aromatic N) is 1. The van der Waals surface area contributed by atoms with Gasteiger partial charge in [-0.15, -0.1) is 0 Å². The standard InChI is InChI=1S/C20H21FN2O2/c1-14(15-7-3-2-4-8-15)12-22-20(25)16-11-19(24)23(13-16)18-10-6-5-9-17(18)21/h2-10,14,16H,11-13H2,1H3,(H,22,25)/t14-,16+/m0/s1. The predicted molar refractivity (Wildman–Crippen MR) is 94.7 cm³/mol. The first-order chi connectivity index (χ1) is 12.1. The van der Waals surface area contributed by atoms with E-state index in [0.29, 0.717) is 6.54 Å². The molecule has 4 nitrogen and oxygen atoms in total. The number of rotatable bonds is 5. The fourth-order valence-electron chi connectivity index (χ4n) is 3.08. The van der Waals surface area contributed by atoms with Crippen LogP contribution in [0.1, 0.15) is 24.8 Å². The molecule has 1 fully saturated rings. The topological polar surface area (TPSA) is 49.4 Å². The summed E-state index contributed by atoms with van der Waals surface area (Å²) in [4.78, 5) is 25.9. The highest BCUT2D eigenvalue weighted by atomic mass is 19.1. The monoisotopic (exact) mass is 340 g/mol. The predicted octanol–water partition coefficient (Wildman–Crippen LogP) is 3.10. The van der Waals surface area contributed by atoms with Crippen LogP contribution in [0.25, 0.3) is 0 Å². The lowest BCUT2D eigenvalue weighted by atomic mass is 10.0. The molecule has 130 valence electrons. The molecule has 2 atom stereocenters. The Labute approximate surface area is 146 Å². The van der Waals surface area contributed by atoms with E-state index in [0.717, 1.165) is 5.56 Å². The first-order valence-corrected chi connectivity index (χ1v) is 8.44. The number of anilines is 1. The number of carbonyl (C=O) groups is 2. The Bertz CT molecular complexity index is 763. The van der Waals surface area contributed by atoms with Gasteiger partial charge in [0.2, 0.25) is 11.8 Å². The average Bonchev–Trinajstić information content (AvgIpc) is 3.02. The summed E-state index contributed by atoms with van der Waals surface area (Å²) in [6.07, 6.45) is 0.111. The first-order valence-electron chi connectivity index (χ1n) is 8.44. The van der Waals surface area contributed by atoms with Crippen LogP contribution in [0.3, 0.4) is 0 Å². The summed E-state index contributed by atoms with van der Waals surface area (Å²) >= 11 is 0. The summed E-state index contributed by atoms with van der Waals surface area (Å²) in [6.45, 7) is 2.76. The third-order valence-corrected chi connectivity index (χ3v) is 4.59. The largest absolute Gasteiger partial charge is 0.355 e. The second kappa shape index (κ2) is 7.47. The number of benzene rings is 2. The van der Waals surface area contributed by atoms with E-state index in [2.05, 4.69) is 5.32 Å². The Morgan fingerprint density at radius 1 is 1.20 bits per heavy atom. The van der Waals surface area contributed by atoms with E-state index in [-0.39, 0.29) is 36.4 Å². The minimum Gasteiger partial charge on any atom is -0.355 e. The number of hydrogen-bond acceptors (Lipinski definition) is 2. The molecule has 2 aromatic rings. The van der Waals surface area contributed by atoms with Crippen molar-refractivity contribution in [3.8, 4) is 0 Å². The summed E-state index contributed by atoms with van der Waals surface area (Å²) in [5, 5.41) is 2.92. The Hall–Kier alpha value is -2.69. The van der Waals surface area contributed by atoms with Crippen LogP contribution in [0.4, 0.5) is 10.1 Å². The highest BCUT2D eigenvalue weighted by Crippen LogP contribution is 2.27. The highest BCUT2D eigenvalue weighted by Gasteiger charge is 2.36. The van der Waals surface area contributed by atoms with Gasteiger partial charge in [0.25, 0.3) is 0 Å². The van der Waals surface area contributed by atoms with Crippen LogP contribution in [0.2, 0.25) is 0 Å². The summed E-state index contributed by atoms with van der Waals surface area (Å²) in [7, 11) is 0. The number of carbonyl (C=O) groups excluding carboxylic acids is 2. The fraction of sp³-hybridized carbons (Fsp3) is 0.300. The van der Waals surface area contributed by atoms with Gasteiger partial charge in [-0.3, -0.25) is 9.59 Å². The number of hydrogen-bond donors (Lipinski definition) is 1. The second-order valence-corrected chi connectivity index (χ2v) is 6.41. The van der Waals surface area contributed by atoms with Crippen LogP contribution in [0.15, 0.2) is 54.6 Å². The molecule has 1 N–H and O–H groups in total. The molecule has 1 aliphatic rings. The van der Waals surface area contributed by atoms with Crippen molar-refractivity contribution in [3.05, 3.63) is 66.0 Å². The van der Waals surface area contributed by atoms with Gasteiger partial charge < -0.3 is 10.2 Å². The third-order valence-electron chi connectivity index (χ3n) is 4.59. The lowest BCUT2D eigenvalue weighted by Crippen LogP contribution is -2.35. The smallest absolute Gasteiger partial charge is 0.227 e. The highest BCUT2D eigenvalue weighted by molar-refractivity contribution is 6.00. The van der Waals surface area contributed by atoms with E-state index < -0.39 is 11.7 Å². The molecular formula is C20H21FN2O2.